The average Bonchev–Trinajstić information content (AvgIpc) is 2.91. The lowest BCUT2D eigenvalue weighted by molar-refractivity contribution is 0.0584. The fraction of sp³-hybridized carbons (Fsp3) is 0.632. The van der Waals surface area contributed by atoms with E-state index in [1.165, 1.54) is 11.1 Å². The van der Waals surface area contributed by atoms with Crippen molar-refractivity contribution in [2.24, 2.45) is 0 Å². The van der Waals surface area contributed by atoms with E-state index < -0.39 is 5.60 Å². The molecule has 0 N–H and O–H groups in total. The van der Waals surface area contributed by atoms with E-state index in [1.807, 2.05) is 20.8 Å². The smallest absolute Gasteiger partial charge is 0.414 e. The molecular weight excluding hydrogens is 302 g/mol. The van der Waals surface area contributed by atoms with E-state index in [-0.39, 0.29) is 6.09 Å². The van der Waals surface area contributed by atoms with Crippen LogP contribution in [0.1, 0.15) is 31.9 Å². The minimum atomic E-state index is -0.457. The van der Waals surface area contributed by atoms with Crippen molar-refractivity contribution in [3.8, 4) is 0 Å². The quantitative estimate of drug-likeness (QED) is 0.835. The first-order valence-corrected chi connectivity index (χ1v) is 8.85. The Morgan fingerprint density at radius 2 is 1.83 bits per heavy atom. The summed E-state index contributed by atoms with van der Waals surface area (Å²) >= 11 is 0. The highest BCUT2D eigenvalue weighted by atomic mass is 16.6. The van der Waals surface area contributed by atoms with Crippen molar-refractivity contribution < 1.29 is 9.53 Å². The summed E-state index contributed by atoms with van der Waals surface area (Å²) in [6, 6.07) is 6.50. The second kappa shape index (κ2) is 6.73. The molecule has 5 nitrogen and oxygen atoms in total. The van der Waals surface area contributed by atoms with Gasteiger partial charge in [0.25, 0.3) is 0 Å². The van der Waals surface area contributed by atoms with Crippen LogP contribution < -0.4 is 4.90 Å². The van der Waals surface area contributed by atoms with E-state index in [9.17, 15) is 4.79 Å². The molecule has 0 spiro atoms. The van der Waals surface area contributed by atoms with Crippen molar-refractivity contribution in [1.82, 2.24) is 9.80 Å². The summed E-state index contributed by atoms with van der Waals surface area (Å²) in [5.74, 6) is 0. The third-order valence-corrected chi connectivity index (χ3v) is 4.66. The largest absolute Gasteiger partial charge is 0.443 e. The van der Waals surface area contributed by atoms with Gasteiger partial charge in [0.2, 0.25) is 0 Å². The average molecular weight is 331 g/mol. The molecule has 0 unspecified atom stereocenters. The highest BCUT2D eigenvalue weighted by Gasteiger charge is 2.29. The van der Waals surface area contributed by atoms with Gasteiger partial charge in [-0.3, -0.25) is 9.80 Å². The maximum atomic E-state index is 12.3. The van der Waals surface area contributed by atoms with Crippen molar-refractivity contribution in [3.05, 3.63) is 29.3 Å². The number of rotatable bonds is 2. The lowest BCUT2D eigenvalue weighted by Crippen LogP contribution is -2.43. The predicted molar refractivity (Wildman–Crippen MR) is 96.5 cm³/mol. The Balaban J connectivity index is 1.66. The van der Waals surface area contributed by atoms with Crippen molar-refractivity contribution in [1.29, 1.82) is 0 Å². The van der Waals surface area contributed by atoms with E-state index in [2.05, 4.69) is 35.0 Å². The summed E-state index contributed by atoms with van der Waals surface area (Å²) in [6.45, 7) is 11.9. The minimum Gasteiger partial charge on any atom is -0.443 e. The fourth-order valence-corrected chi connectivity index (χ4v) is 3.32. The molecule has 3 rings (SSSR count). The third kappa shape index (κ3) is 4.08. The zero-order chi connectivity index (χ0) is 17.3. The standard InChI is InChI=1S/C19H29N3O2/c1-19(2,3)24-18(23)22-8-7-16-13-15(5-6-17(16)22)14-21-11-9-20(4)10-12-21/h5-6,13H,7-12,14H2,1-4H3. The van der Waals surface area contributed by atoms with Crippen LogP contribution in [0, 0.1) is 0 Å². The minimum absolute atomic E-state index is 0.243. The first-order chi connectivity index (χ1) is 11.3. The van der Waals surface area contributed by atoms with Crippen LogP contribution in [0.15, 0.2) is 18.2 Å². The molecule has 1 aromatic carbocycles. The van der Waals surface area contributed by atoms with Crippen LogP contribution >= 0.6 is 0 Å². The Hall–Kier alpha value is -1.59. The Morgan fingerprint density at radius 3 is 2.50 bits per heavy atom. The van der Waals surface area contributed by atoms with Crippen LogP contribution in [0.2, 0.25) is 0 Å². The number of piperazine rings is 1. The number of nitrogens with zero attached hydrogens (tertiary/aromatic N) is 3. The van der Waals surface area contributed by atoms with Gasteiger partial charge in [-0.15, -0.1) is 0 Å². The Labute approximate surface area is 145 Å². The molecule has 0 atom stereocenters. The number of likely N-dealkylation sites (N-methyl/N-ethyl adjacent to an activating group) is 1. The fourth-order valence-electron chi connectivity index (χ4n) is 3.32. The summed E-state index contributed by atoms with van der Waals surface area (Å²) in [6.07, 6.45) is 0.665. The van der Waals surface area contributed by atoms with Crippen LogP contribution in [-0.2, 0) is 17.7 Å². The molecule has 0 aliphatic carbocycles. The molecular formula is C19H29N3O2. The number of hydrogen-bond acceptors (Lipinski definition) is 4. The molecule has 132 valence electrons. The van der Waals surface area contributed by atoms with Gasteiger partial charge in [0.05, 0.1) is 5.69 Å². The summed E-state index contributed by atoms with van der Waals surface area (Å²) in [5.41, 5.74) is 3.14. The maximum Gasteiger partial charge on any atom is 0.414 e. The number of carbonyl (C=O) groups is 1. The third-order valence-electron chi connectivity index (χ3n) is 4.66. The molecule has 1 amide bonds. The zero-order valence-corrected chi connectivity index (χ0v) is 15.3. The van der Waals surface area contributed by atoms with Crippen LogP contribution in [0.4, 0.5) is 10.5 Å². The van der Waals surface area contributed by atoms with Gasteiger partial charge in [-0.2, -0.15) is 0 Å². The van der Waals surface area contributed by atoms with E-state index in [4.69, 9.17) is 4.74 Å². The molecule has 0 bridgehead atoms. The van der Waals surface area contributed by atoms with Crippen LogP contribution in [0.25, 0.3) is 0 Å². The van der Waals surface area contributed by atoms with Gasteiger partial charge >= 0.3 is 6.09 Å². The molecule has 0 aromatic heterocycles. The van der Waals surface area contributed by atoms with Gasteiger partial charge in [-0.05, 0) is 51.4 Å². The van der Waals surface area contributed by atoms with Crippen LogP contribution in [0.3, 0.4) is 0 Å². The second-order valence-corrected chi connectivity index (χ2v) is 7.92. The van der Waals surface area contributed by atoms with Gasteiger partial charge in [-0.1, -0.05) is 12.1 Å². The molecule has 5 heteroatoms. The van der Waals surface area contributed by atoms with Gasteiger partial charge in [0.1, 0.15) is 5.60 Å². The van der Waals surface area contributed by atoms with Gasteiger partial charge < -0.3 is 9.64 Å². The Kier molecular flexibility index (Phi) is 4.83. The van der Waals surface area contributed by atoms with Gasteiger partial charge in [0, 0.05) is 39.3 Å². The number of carbonyl (C=O) groups excluding carboxylic acids is 1. The number of fused-ring (bicyclic) bond motifs is 1. The van der Waals surface area contributed by atoms with Crippen molar-refractivity contribution >= 4 is 11.8 Å². The van der Waals surface area contributed by atoms with Crippen LogP contribution in [0.5, 0.6) is 0 Å². The number of amides is 1. The number of anilines is 1. The lowest BCUT2D eigenvalue weighted by atomic mass is 10.1. The van der Waals surface area contributed by atoms with E-state index in [0.717, 1.165) is 44.8 Å². The van der Waals surface area contributed by atoms with Gasteiger partial charge in [-0.25, -0.2) is 4.79 Å². The molecule has 0 radical (unpaired) electrons. The number of benzene rings is 1. The molecule has 2 heterocycles. The Morgan fingerprint density at radius 1 is 1.12 bits per heavy atom. The summed E-state index contributed by atoms with van der Waals surface area (Å²) in [4.78, 5) is 19.0. The topological polar surface area (TPSA) is 36.0 Å². The highest BCUT2D eigenvalue weighted by Crippen LogP contribution is 2.30. The predicted octanol–water partition coefficient (Wildman–Crippen LogP) is 2.73. The molecule has 0 saturated carbocycles. The highest BCUT2D eigenvalue weighted by molar-refractivity contribution is 5.90. The van der Waals surface area contributed by atoms with Crippen molar-refractivity contribution in [3.63, 3.8) is 0 Å². The normalized spacial score (nSPS) is 19.4. The molecule has 24 heavy (non-hydrogen) atoms. The Bertz CT molecular complexity index is 601. The first-order valence-electron chi connectivity index (χ1n) is 8.85. The van der Waals surface area contributed by atoms with Crippen LogP contribution in [-0.4, -0.2) is 61.3 Å². The van der Waals surface area contributed by atoms with Gasteiger partial charge in [0.15, 0.2) is 0 Å². The second-order valence-electron chi connectivity index (χ2n) is 7.92. The summed E-state index contributed by atoms with van der Waals surface area (Å²) in [7, 11) is 2.18. The lowest BCUT2D eigenvalue weighted by Gasteiger charge is -2.32. The van der Waals surface area contributed by atoms with Crippen molar-refractivity contribution in [2.75, 3.05) is 44.7 Å². The molecule has 1 aromatic rings. The first kappa shape index (κ1) is 17.2. The molecule has 1 fully saturated rings. The summed E-state index contributed by atoms with van der Waals surface area (Å²) in [5, 5.41) is 0. The van der Waals surface area contributed by atoms with E-state index >= 15 is 0 Å². The summed E-state index contributed by atoms with van der Waals surface area (Å²) < 4.78 is 5.51. The number of ether oxygens (including phenoxy) is 1. The molecule has 2 aliphatic rings. The SMILES string of the molecule is CN1CCN(Cc2ccc3c(c2)CCN3C(=O)OC(C)(C)C)CC1. The molecule has 2 aliphatic heterocycles. The number of hydrogen-bond donors (Lipinski definition) is 0. The maximum absolute atomic E-state index is 12.3. The monoisotopic (exact) mass is 331 g/mol. The zero-order valence-electron chi connectivity index (χ0n) is 15.3. The van der Waals surface area contributed by atoms with E-state index in [1.54, 1.807) is 4.90 Å². The van der Waals surface area contributed by atoms with E-state index in [0.29, 0.717) is 6.54 Å². The molecule has 1 saturated heterocycles. The van der Waals surface area contributed by atoms with Crippen molar-refractivity contribution in [2.45, 2.75) is 39.3 Å².